The Morgan fingerprint density at radius 2 is 2.05 bits per heavy atom. The minimum Gasteiger partial charge on any atom is -0.316 e. The molecule has 2 aliphatic rings. The molecule has 0 spiro atoms. The number of nitrogens with one attached hydrogen (secondary N) is 1. The van der Waals surface area contributed by atoms with E-state index in [1.165, 1.54) is 6.07 Å². The Kier molecular flexibility index (Phi) is 3.34. The van der Waals surface area contributed by atoms with Gasteiger partial charge in [-0.25, -0.2) is 4.39 Å². The van der Waals surface area contributed by atoms with Crippen molar-refractivity contribution in [2.75, 3.05) is 13.1 Å². The number of piperidine rings is 1. The summed E-state index contributed by atoms with van der Waals surface area (Å²) in [5.41, 5.74) is 2.14. The lowest BCUT2D eigenvalue weighted by Crippen LogP contribution is -2.48. The second-order valence-corrected chi connectivity index (χ2v) is 6.41. The quantitative estimate of drug-likeness (QED) is 0.924. The molecule has 1 fully saturated rings. The molecule has 3 atom stereocenters. The minimum atomic E-state index is -0.214. The summed E-state index contributed by atoms with van der Waals surface area (Å²) < 4.78 is 15.4. The zero-order valence-corrected chi connectivity index (χ0v) is 12.3. The molecule has 1 saturated heterocycles. The van der Waals surface area contributed by atoms with Gasteiger partial charge >= 0.3 is 0 Å². The fourth-order valence-electron chi connectivity index (χ4n) is 4.07. The third kappa shape index (κ3) is 2.28. The minimum absolute atomic E-state index is 0.0653. The molecule has 0 radical (unpaired) electrons. The molecule has 22 heavy (non-hydrogen) atoms. The highest BCUT2D eigenvalue weighted by Gasteiger charge is 2.37. The second kappa shape index (κ2) is 5.36. The monoisotopic (exact) mass is 298 g/mol. The van der Waals surface area contributed by atoms with Gasteiger partial charge in [-0.05, 0) is 49.1 Å². The smallest absolute Gasteiger partial charge is 0.251 e. The van der Waals surface area contributed by atoms with Gasteiger partial charge in [0, 0.05) is 30.3 Å². The van der Waals surface area contributed by atoms with Gasteiger partial charge in [-0.1, -0.05) is 18.2 Å². The molecule has 0 aliphatic carbocycles. The van der Waals surface area contributed by atoms with Gasteiger partial charge in [0.05, 0.1) is 0 Å². The van der Waals surface area contributed by atoms with Crippen LogP contribution in [0, 0.1) is 11.7 Å². The summed E-state index contributed by atoms with van der Waals surface area (Å²) in [4.78, 5) is 12.4. The molecule has 0 unspecified atom stereocenters. The molecule has 2 aromatic rings. The molecule has 1 N–H and O–H groups in total. The Hall–Kier alpha value is -1.94. The molecule has 114 valence electrons. The van der Waals surface area contributed by atoms with Crippen molar-refractivity contribution in [3.63, 3.8) is 0 Å². The van der Waals surface area contributed by atoms with Gasteiger partial charge in [0.15, 0.2) is 0 Å². The van der Waals surface area contributed by atoms with Gasteiger partial charge in [0.1, 0.15) is 5.82 Å². The number of hydrogen-bond acceptors (Lipinski definition) is 2. The molecular weight excluding hydrogens is 279 g/mol. The summed E-state index contributed by atoms with van der Waals surface area (Å²) in [7, 11) is 0. The molecule has 0 saturated carbocycles. The standard InChI is InChI=1S/C18H19FN2O/c19-15-4-1-3-12(7-15)8-17-14-9-13(10-20-11-14)16-5-2-6-18(22)21(16)17/h1-7,13-14,17,20H,8-11H2/t13-,14-,17+/m1/s1. The van der Waals surface area contributed by atoms with E-state index in [1.54, 1.807) is 18.2 Å². The van der Waals surface area contributed by atoms with E-state index < -0.39 is 0 Å². The van der Waals surface area contributed by atoms with Crippen molar-refractivity contribution in [2.24, 2.45) is 5.92 Å². The molecule has 2 aliphatic heterocycles. The second-order valence-electron chi connectivity index (χ2n) is 6.41. The van der Waals surface area contributed by atoms with Gasteiger partial charge in [0.25, 0.3) is 5.56 Å². The van der Waals surface area contributed by atoms with Crippen molar-refractivity contribution in [1.82, 2.24) is 9.88 Å². The van der Waals surface area contributed by atoms with E-state index in [2.05, 4.69) is 11.4 Å². The lowest BCUT2D eigenvalue weighted by atomic mass is 9.77. The highest BCUT2D eigenvalue weighted by atomic mass is 19.1. The number of pyridine rings is 1. The third-order valence-electron chi connectivity index (χ3n) is 5.03. The molecular formula is C18H19FN2O. The van der Waals surface area contributed by atoms with Gasteiger partial charge in [-0.15, -0.1) is 0 Å². The van der Waals surface area contributed by atoms with Crippen molar-refractivity contribution < 1.29 is 4.39 Å². The normalized spacial score (nSPS) is 26.5. The fraction of sp³-hybridized carbons (Fsp3) is 0.389. The van der Waals surface area contributed by atoms with Gasteiger partial charge in [-0.2, -0.15) is 0 Å². The van der Waals surface area contributed by atoms with E-state index in [4.69, 9.17) is 0 Å². The Balaban J connectivity index is 1.78. The van der Waals surface area contributed by atoms with Crippen LogP contribution in [-0.2, 0) is 6.42 Å². The number of fused-ring (bicyclic) bond motifs is 4. The number of hydrogen-bond donors (Lipinski definition) is 1. The van der Waals surface area contributed by atoms with Crippen LogP contribution in [-0.4, -0.2) is 17.7 Å². The van der Waals surface area contributed by atoms with E-state index in [-0.39, 0.29) is 17.4 Å². The topological polar surface area (TPSA) is 34.0 Å². The molecule has 4 heteroatoms. The molecule has 3 heterocycles. The number of aromatic nitrogens is 1. The van der Waals surface area contributed by atoms with Crippen LogP contribution in [0.15, 0.2) is 47.3 Å². The maximum atomic E-state index is 13.5. The predicted molar refractivity (Wildman–Crippen MR) is 83.6 cm³/mol. The first-order valence-electron chi connectivity index (χ1n) is 7.89. The van der Waals surface area contributed by atoms with Crippen LogP contribution in [0.25, 0.3) is 0 Å². The summed E-state index contributed by atoms with van der Waals surface area (Å²) in [6.45, 7) is 1.86. The van der Waals surface area contributed by atoms with Crippen molar-refractivity contribution >= 4 is 0 Å². The molecule has 4 rings (SSSR count). The first-order chi connectivity index (χ1) is 10.7. The summed E-state index contributed by atoms with van der Waals surface area (Å²) in [5, 5.41) is 3.48. The maximum Gasteiger partial charge on any atom is 0.251 e. The first kappa shape index (κ1) is 13.7. The van der Waals surface area contributed by atoms with E-state index in [0.29, 0.717) is 18.3 Å². The maximum absolute atomic E-state index is 13.5. The molecule has 2 bridgehead atoms. The molecule has 0 amide bonds. The largest absolute Gasteiger partial charge is 0.316 e. The van der Waals surface area contributed by atoms with Gasteiger partial charge in [0.2, 0.25) is 0 Å². The van der Waals surface area contributed by atoms with Crippen molar-refractivity contribution in [1.29, 1.82) is 0 Å². The van der Waals surface area contributed by atoms with E-state index in [0.717, 1.165) is 30.8 Å². The van der Waals surface area contributed by atoms with Crippen LogP contribution in [0.2, 0.25) is 0 Å². The summed E-state index contributed by atoms with van der Waals surface area (Å²) in [6.07, 6.45) is 1.81. The molecule has 1 aromatic carbocycles. The average molecular weight is 298 g/mol. The van der Waals surface area contributed by atoms with Crippen LogP contribution in [0.4, 0.5) is 4.39 Å². The van der Waals surface area contributed by atoms with Gasteiger partial charge < -0.3 is 9.88 Å². The highest BCUT2D eigenvalue weighted by Crippen LogP contribution is 2.39. The fourth-order valence-corrected chi connectivity index (χ4v) is 4.07. The Morgan fingerprint density at radius 1 is 1.18 bits per heavy atom. The zero-order valence-electron chi connectivity index (χ0n) is 12.3. The van der Waals surface area contributed by atoms with Gasteiger partial charge in [-0.3, -0.25) is 4.79 Å². The zero-order chi connectivity index (χ0) is 15.1. The van der Waals surface area contributed by atoms with Crippen molar-refractivity contribution in [2.45, 2.75) is 24.8 Å². The number of rotatable bonds is 2. The summed E-state index contributed by atoms with van der Waals surface area (Å²) in [6, 6.07) is 12.4. The predicted octanol–water partition coefficient (Wildman–Crippen LogP) is 2.48. The average Bonchev–Trinajstić information content (AvgIpc) is 2.52. The summed E-state index contributed by atoms with van der Waals surface area (Å²) >= 11 is 0. The van der Waals surface area contributed by atoms with E-state index in [9.17, 15) is 9.18 Å². The molecule has 1 aromatic heterocycles. The van der Waals surface area contributed by atoms with Crippen LogP contribution in [0.3, 0.4) is 0 Å². The SMILES string of the molecule is O=c1cccc2n1[C@@H](Cc1cccc(F)c1)[C@H]1CNC[C@H]2C1. The Morgan fingerprint density at radius 3 is 2.91 bits per heavy atom. The summed E-state index contributed by atoms with van der Waals surface area (Å²) in [5.74, 6) is 0.625. The van der Waals surface area contributed by atoms with E-state index >= 15 is 0 Å². The first-order valence-corrected chi connectivity index (χ1v) is 7.89. The van der Waals surface area contributed by atoms with E-state index in [1.807, 2.05) is 16.7 Å². The number of nitrogens with zero attached hydrogens (tertiary/aromatic N) is 1. The Labute approximate surface area is 128 Å². The lowest BCUT2D eigenvalue weighted by molar-refractivity contribution is 0.194. The highest BCUT2D eigenvalue weighted by molar-refractivity contribution is 5.22. The van der Waals surface area contributed by atoms with Crippen molar-refractivity contribution in [3.8, 4) is 0 Å². The van der Waals surface area contributed by atoms with Crippen LogP contribution < -0.4 is 10.9 Å². The van der Waals surface area contributed by atoms with Crippen molar-refractivity contribution in [3.05, 3.63) is 69.9 Å². The number of halogens is 1. The van der Waals surface area contributed by atoms with Crippen LogP contribution >= 0.6 is 0 Å². The van der Waals surface area contributed by atoms with Crippen LogP contribution in [0.1, 0.15) is 29.6 Å². The Bertz CT molecular complexity index is 755. The lowest BCUT2D eigenvalue weighted by Gasteiger charge is -2.43. The van der Waals surface area contributed by atoms with Crippen LogP contribution in [0.5, 0.6) is 0 Å². The third-order valence-corrected chi connectivity index (χ3v) is 5.03. The number of benzene rings is 1. The molecule has 3 nitrogen and oxygen atoms in total.